The molecule has 0 aromatic heterocycles. The molecule has 6 heteroatoms. The van der Waals surface area contributed by atoms with Crippen molar-refractivity contribution in [2.75, 3.05) is 7.11 Å². The molecule has 2 N–H and O–H groups in total. The van der Waals surface area contributed by atoms with E-state index in [2.05, 4.69) is 57.4 Å². The van der Waals surface area contributed by atoms with Gasteiger partial charge in [-0.3, -0.25) is 14.9 Å². The van der Waals surface area contributed by atoms with Gasteiger partial charge in [0, 0.05) is 5.56 Å². The molecule has 2 aliphatic heterocycles. The Morgan fingerprint density at radius 3 is 2.17 bits per heavy atom. The van der Waals surface area contributed by atoms with Gasteiger partial charge in [0.05, 0.1) is 18.5 Å². The number of dihydropyridines is 1. The van der Waals surface area contributed by atoms with E-state index < -0.39 is 0 Å². The van der Waals surface area contributed by atoms with Crippen molar-refractivity contribution in [2.24, 2.45) is 0 Å². The number of rotatable bonds is 2. The molecule has 0 unspecified atom stereocenters. The smallest absolute Gasteiger partial charge is 0.291 e. The lowest BCUT2D eigenvalue weighted by Crippen LogP contribution is -2.34. The van der Waals surface area contributed by atoms with Gasteiger partial charge in [0.15, 0.2) is 0 Å². The summed E-state index contributed by atoms with van der Waals surface area (Å²) >= 11 is 0.916. The van der Waals surface area contributed by atoms with Crippen LogP contribution in [0.25, 0.3) is 5.70 Å². The highest BCUT2D eigenvalue weighted by Crippen LogP contribution is 2.47. The average molecular weight is 425 g/mol. The van der Waals surface area contributed by atoms with Crippen LogP contribution < -0.4 is 10.6 Å². The molecular formula is C24H28N2O3S. The number of nitrogens with one attached hydrogen (secondary N) is 2. The van der Waals surface area contributed by atoms with E-state index in [1.165, 1.54) is 11.1 Å². The number of amides is 2. The third-order valence-electron chi connectivity index (χ3n) is 6.46. The fourth-order valence-corrected chi connectivity index (χ4v) is 5.17. The minimum atomic E-state index is -0.373. The van der Waals surface area contributed by atoms with Crippen molar-refractivity contribution in [1.82, 2.24) is 10.6 Å². The molecule has 0 radical (unpaired) electrons. The molecule has 4 rings (SSSR count). The van der Waals surface area contributed by atoms with Gasteiger partial charge in [-0.25, -0.2) is 0 Å². The predicted molar refractivity (Wildman–Crippen MR) is 121 cm³/mol. The zero-order valence-electron chi connectivity index (χ0n) is 18.4. The quantitative estimate of drug-likeness (QED) is 0.653. The number of imide groups is 1. The summed E-state index contributed by atoms with van der Waals surface area (Å²) in [5.74, 6) is 0.326. The molecule has 1 aromatic carbocycles. The molecule has 1 fully saturated rings. The largest absolute Gasteiger partial charge is 0.495 e. The molecule has 1 aromatic rings. The van der Waals surface area contributed by atoms with Crippen LogP contribution in [0.3, 0.4) is 0 Å². The van der Waals surface area contributed by atoms with Crippen LogP contribution in [0, 0.1) is 6.92 Å². The summed E-state index contributed by atoms with van der Waals surface area (Å²) in [7, 11) is 1.64. The van der Waals surface area contributed by atoms with E-state index in [9.17, 15) is 9.59 Å². The highest BCUT2D eigenvalue weighted by atomic mass is 32.2. The standard InChI is InChI=1S/C24H28N2O3S/c1-13-11-15-16(24(4,5)10-9-23(15,2)3)12-14(13)19-18(29-6)8-7-17(25-19)20-21(27)26-22(28)30-20/h7-8,11-12,25H,9-10H2,1-6H3,(H,26,27,28). The second kappa shape index (κ2) is 7.05. The lowest BCUT2D eigenvalue weighted by Gasteiger charge is -2.42. The average Bonchev–Trinajstić information content (AvgIpc) is 3.03. The number of aryl methyl sites for hydroxylation is 1. The molecule has 0 atom stereocenters. The lowest BCUT2D eigenvalue weighted by atomic mass is 9.62. The Bertz CT molecular complexity index is 1060. The van der Waals surface area contributed by atoms with Crippen molar-refractivity contribution in [1.29, 1.82) is 0 Å². The highest BCUT2D eigenvalue weighted by molar-refractivity contribution is 8.18. The number of hydrogen-bond acceptors (Lipinski definition) is 5. The number of methoxy groups -OCH3 is 1. The molecule has 2 heterocycles. The zero-order chi connectivity index (χ0) is 21.8. The van der Waals surface area contributed by atoms with E-state index in [0.717, 1.165) is 41.4 Å². The number of carbonyl (C=O) groups is 2. The minimum absolute atomic E-state index is 0.0838. The summed E-state index contributed by atoms with van der Waals surface area (Å²) in [6.07, 6.45) is 5.92. The van der Waals surface area contributed by atoms with E-state index >= 15 is 0 Å². The number of hydrogen-bond donors (Lipinski definition) is 2. The number of ether oxygens (including phenoxy) is 1. The van der Waals surface area contributed by atoms with Crippen molar-refractivity contribution in [3.63, 3.8) is 0 Å². The van der Waals surface area contributed by atoms with Crippen molar-refractivity contribution < 1.29 is 14.3 Å². The maximum Gasteiger partial charge on any atom is 0.291 e. The molecule has 3 aliphatic rings. The number of carbonyl (C=O) groups excluding carboxylic acids is 2. The highest BCUT2D eigenvalue weighted by Gasteiger charge is 2.38. The van der Waals surface area contributed by atoms with E-state index in [1.54, 1.807) is 13.2 Å². The Morgan fingerprint density at radius 1 is 0.967 bits per heavy atom. The van der Waals surface area contributed by atoms with Gasteiger partial charge in [-0.2, -0.15) is 0 Å². The third-order valence-corrected chi connectivity index (χ3v) is 7.35. The van der Waals surface area contributed by atoms with Crippen LogP contribution in [0.2, 0.25) is 0 Å². The Hall–Kier alpha value is -2.47. The first-order valence-corrected chi connectivity index (χ1v) is 11.0. The van der Waals surface area contributed by atoms with Crippen LogP contribution in [0.4, 0.5) is 4.79 Å². The molecule has 30 heavy (non-hydrogen) atoms. The van der Waals surface area contributed by atoms with Gasteiger partial charge in [0.2, 0.25) is 0 Å². The van der Waals surface area contributed by atoms with Crippen molar-refractivity contribution in [3.05, 3.63) is 62.9 Å². The molecule has 0 spiro atoms. The molecule has 5 nitrogen and oxygen atoms in total. The number of allylic oxidation sites excluding steroid dienone is 2. The second-order valence-corrected chi connectivity index (χ2v) is 10.5. The first-order valence-electron chi connectivity index (χ1n) is 10.2. The summed E-state index contributed by atoms with van der Waals surface area (Å²) < 4.78 is 5.64. The maximum absolute atomic E-state index is 12.2. The van der Waals surface area contributed by atoms with Gasteiger partial charge in [-0.05, 0) is 77.3 Å². The molecular weight excluding hydrogens is 396 g/mol. The second-order valence-electron chi connectivity index (χ2n) is 9.47. The van der Waals surface area contributed by atoms with Crippen LogP contribution in [0.1, 0.15) is 62.8 Å². The van der Waals surface area contributed by atoms with E-state index in [-0.39, 0.29) is 22.0 Å². The Morgan fingerprint density at radius 2 is 1.60 bits per heavy atom. The summed E-state index contributed by atoms with van der Waals surface area (Å²) in [6, 6.07) is 4.58. The summed E-state index contributed by atoms with van der Waals surface area (Å²) in [5, 5.41) is 5.34. The maximum atomic E-state index is 12.2. The van der Waals surface area contributed by atoms with Crippen molar-refractivity contribution >= 4 is 28.6 Å². The Kier molecular flexibility index (Phi) is 4.88. The monoisotopic (exact) mass is 424 g/mol. The van der Waals surface area contributed by atoms with E-state index in [0.29, 0.717) is 16.4 Å². The fraction of sp³-hybridized carbons (Fsp3) is 0.417. The minimum Gasteiger partial charge on any atom is -0.495 e. The van der Waals surface area contributed by atoms with Crippen LogP contribution in [-0.4, -0.2) is 18.3 Å². The molecule has 1 aliphatic carbocycles. The Labute approximate surface area is 182 Å². The first kappa shape index (κ1) is 20.8. The molecule has 0 bridgehead atoms. The number of benzene rings is 1. The first-order chi connectivity index (χ1) is 14.0. The molecule has 2 amide bonds. The van der Waals surface area contributed by atoms with Crippen LogP contribution in [0.15, 0.2) is 40.6 Å². The van der Waals surface area contributed by atoms with Crippen LogP contribution in [-0.2, 0) is 20.4 Å². The molecule has 1 saturated heterocycles. The zero-order valence-corrected chi connectivity index (χ0v) is 19.2. The predicted octanol–water partition coefficient (Wildman–Crippen LogP) is 5.01. The van der Waals surface area contributed by atoms with E-state index in [4.69, 9.17) is 4.74 Å². The van der Waals surface area contributed by atoms with Gasteiger partial charge >= 0.3 is 0 Å². The topological polar surface area (TPSA) is 67.4 Å². The molecule has 158 valence electrons. The van der Waals surface area contributed by atoms with Gasteiger partial charge in [-0.15, -0.1) is 0 Å². The lowest BCUT2D eigenvalue weighted by molar-refractivity contribution is -0.115. The van der Waals surface area contributed by atoms with Gasteiger partial charge < -0.3 is 10.1 Å². The van der Waals surface area contributed by atoms with Crippen LogP contribution >= 0.6 is 11.8 Å². The van der Waals surface area contributed by atoms with Gasteiger partial charge in [0.1, 0.15) is 10.7 Å². The van der Waals surface area contributed by atoms with Crippen LogP contribution in [0.5, 0.6) is 0 Å². The van der Waals surface area contributed by atoms with Crippen molar-refractivity contribution in [2.45, 2.75) is 58.3 Å². The SMILES string of the molecule is COC1=C(c2cc3c(cc2C)C(C)(C)CCC3(C)C)NC(=C2SC(=O)NC2=O)C=C1. The normalized spacial score (nSPS) is 24.5. The number of fused-ring (bicyclic) bond motifs is 1. The number of thioether (sulfide) groups is 1. The van der Waals surface area contributed by atoms with Crippen molar-refractivity contribution in [3.8, 4) is 0 Å². The van der Waals surface area contributed by atoms with Gasteiger partial charge in [0.25, 0.3) is 11.1 Å². The third kappa shape index (κ3) is 3.37. The fourth-order valence-electron chi connectivity index (χ4n) is 4.47. The summed E-state index contributed by atoms with van der Waals surface area (Å²) in [5.41, 5.74) is 6.60. The molecule has 0 saturated carbocycles. The Balaban J connectivity index is 1.86. The van der Waals surface area contributed by atoms with Gasteiger partial charge in [-0.1, -0.05) is 33.8 Å². The van der Waals surface area contributed by atoms with E-state index in [1.807, 2.05) is 6.08 Å². The summed E-state index contributed by atoms with van der Waals surface area (Å²) in [6.45, 7) is 11.4. The summed E-state index contributed by atoms with van der Waals surface area (Å²) in [4.78, 5) is 24.2.